The molecule has 6 heteroatoms. The van der Waals surface area contributed by atoms with Crippen molar-refractivity contribution in [1.29, 1.82) is 0 Å². The number of aliphatic hydroxyl groups is 1. The summed E-state index contributed by atoms with van der Waals surface area (Å²) in [6.45, 7) is 1.79. The summed E-state index contributed by atoms with van der Waals surface area (Å²) in [4.78, 5) is 23.3. The van der Waals surface area contributed by atoms with Crippen LogP contribution in [0.3, 0.4) is 0 Å². The molecule has 18 heavy (non-hydrogen) atoms. The summed E-state index contributed by atoms with van der Waals surface area (Å²) < 4.78 is 4.32. The van der Waals surface area contributed by atoms with Gasteiger partial charge in [-0.3, -0.25) is 4.79 Å². The maximum atomic E-state index is 11.4. The van der Waals surface area contributed by atoms with Crippen LogP contribution in [0.5, 0.6) is 0 Å². The van der Waals surface area contributed by atoms with Crippen LogP contribution in [-0.4, -0.2) is 36.7 Å². The number of amides is 1. The van der Waals surface area contributed by atoms with Gasteiger partial charge in [0.2, 0.25) is 5.91 Å². The van der Waals surface area contributed by atoms with Gasteiger partial charge in [0, 0.05) is 11.0 Å². The van der Waals surface area contributed by atoms with Gasteiger partial charge in [0.05, 0.1) is 13.7 Å². The number of aliphatic hydroxyl groups excluding tert-OH is 1. The summed E-state index contributed by atoms with van der Waals surface area (Å²) >= 11 is 1.53. The van der Waals surface area contributed by atoms with E-state index in [4.69, 9.17) is 0 Å². The first-order valence-corrected chi connectivity index (χ1v) is 6.18. The molecular formula is C12H15NO4S. The number of rotatable bonds is 5. The molecule has 0 saturated heterocycles. The molecule has 0 aliphatic rings. The second-order valence-electron chi connectivity index (χ2n) is 3.59. The van der Waals surface area contributed by atoms with E-state index in [-0.39, 0.29) is 12.5 Å². The van der Waals surface area contributed by atoms with Crippen molar-refractivity contribution in [2.45, 2.75) is 13.0 Å². The molecule has 1 atom stereocenters. The molecule has 1 heterocycles. The number of methoxy groups -OCH3 is 1. The van der Waals surface area contributed by atoms with E-state index in [0.717, 1.165) is 10.4 Å². The van der Waals surface area contributed by atoms with E-state index in [1.165, 1.54) is 24.5 Å². The lowest BCUT2D eigenvalue weighted by Gasteiger charge is -2.07. The van der Waals surface area contributed by atoms with Gasteiger partial charge in [-0.05, 0) is 30.0 Å². The van der Waals surface area contributed by atoms with Crippen molar-refractivity contribution in [2.75, 3.05) is 13.7 Å². The second kappa shape index (κ2) is 6.93. The second-order valence-corrected chi connectivity index (χ2v) is 4.53. The first-order valence-electron chi connectivity index (χ1n) is 5.30. The summed E-state index contributed by atoms with van der Waals surface area (Å²) in [6, 6.07) is 1.96. The molecule has 0 saturated carbocycles. The molecule has 0 spiro atoms. The number of aryl methyl sites for hydroxylation is 1. The molecule has 0 fully saturated rings. The van der Waals surface area contributed by atoms with Crippen LogP contribution in [0.2, 0.25) is 0 Å². The molecule has 0 aliphatic carbocycles. The molecule has 0 aliphatic heterocycles. The highest BCUT2D eigenvalue weighted by Crippen LogP contribution is 2.16. The maximum Gasteiger partial charge on any atom is 0.336 e. The Morgan fingerprint density at radius 1 is 1.61 bits per heavy atom. The molecule has 1 aromatic heterocycles. The molecule has 0 bridgehead atoms. The summed E-state index contributed by atoms with van der Waals surface area (Å²) in [5, 5.41) is 13.6. The molecule has 0 radical (unpaired) electrons. The molecular weight excluding hydrogens is 254 g/mol. The maximum absolute atomic E-state index is 11.4. The summed E-state index contributed by atoms with van der Waals surface area (Å²) in [6.07, 6.45) is 1.72. The van der Waals surface area contributed by atoms with E-state index in [1.807, 2.05) is 18.4 Å². The van der Waals surface area contributed by atoms with Gasteiger partial charge >= 0.3 is 5.97 Å². The molecule has 2 N–H and O–H groups in total. The van der Waals surface area contributed by atoms with Gasteiger partial charge in [0.25, 0.3) is 0 Å². The standard InChI is InChI=1S/C12H15NO4S/c1-8-5-6-18-10(8)3-4-11(15)13-7-9(14)12(16)17-2/h3-6,9,14H,7H2,1-2H3,(H,13,15)/b4-3+. The van der Waals surface area contributed by atoms with Crippen LogP contribution < -0.4 is 5.32 Å². The minimum atomic E-state index is -1.34. The fraction of sp³-hybridized carbons (Fsp3) is 0.333. The smallest absolute Gasteiger partial charge is 0.336 e. The van der Waals surface area contributed by atoms with E-state index in [0.29, 0.717) is 0 Å². The van der Waals surface area contributed by atoms with Crippen LogP contribution in [0.4, 0.5) is 0 Å². The Hall–Kier alpha value is -1.66. The topological polar surface area (TPSA) is 75.6 Å². The van der Waals surface area contributed by atoms with Crippen molar-refractivity contribution in [3.05, 3.63) is 28.0 Å². The first-order chi connectivity index (χ1) is 8.54. The molecule has 5 nitrogen and oxygen atoms in total. The highest BCUT2D eigenvalue weighted by molar-refractivity contribution is 7.11. The molecule has 1 unspecified atom stereocenters. The van der Waals surface area contributed by atoms with Gasteiger partial charge in [0.1, 0.15) is 0 Å². The van der Waals surface area contributed by atoms with Crippen LogP contribution in [0, 0.1) is 6.92 Å². The summed E-state index contributed by atoms with van der Waals surface area (Å²) in [5.74, 6) is -1.14. The minimum absolute atomic E-state index is 0.167. The van der Waals surface area contributed by atoms with E-state index < -0.39 is 12.1 Å². The first kappa shape index (κ1) is 14.4. The monoisotopic (exact) mass is 269 g/mol. The summed E-state index contributed by atoms with van der Waals surface area (Å²) in [7, 11) is 1.17. The number of carbonyl (C=O) groups is 2. The number of hydrogen-bond acceptors (Lipinski definition) is 5. The SMILES string of the molecule is COC(=O)C(O)CNC(=O)/C=C/c1sccc1C. The number of thiophene rings is 1. The van der Waals surface area contributed by atoms with Crippen molar-refractivity contribution >= 4 is 29.3 Å². The van der Waals surface area contributed by atoms with Crippen molar-refractivity contribution in [3.8, 4) is 0 Å². The Balaban J connectivity index is 2.41. The predicted molar refractivity (Wildman–Crippen MR) is 69.1 cm³/mol. The number of carbonyl (C=O) groups excluding carboxylic acids is 2. The Morgan fingerprint density at radius 2 is 2.33 bits per heavy atom. The van der Waals surface area contributed by atoms with Gasteiger partial charge in [0.15, 0.2) is 6.10 Å². The average Bonchev–Trinajstić information content (AvgIpc) is 2.77. The average molecular weight is 269 g/mol. The van der Waals surface area contributed by atoms with E-state index in [1.54, 1.807) is 6.08 Å². The number of nitrogens with one attached hydrogen (secondary N) is 1. The number of esters is 1. The lowest BCUT2D eigenvalue weighted by molar-refractivity contribution is -0.150. The zero-order chi connectivity index (χ0) is 13.5. The Labute approximate surface area is 109 Å². The zero-order valence-corrected chi connectivity index (χ0v) is 11.0. The largest absolute Gasteiger partial charge is 0.467 e. The normalized spacial score (nSPS) is 12.4. The molecule has 1 aromatic rings. The van der Waals surface area contributed by atoms with Gasteiger partial charge in [-0.2, -0.15) is 0 Å². The third kappa shape index (κ3) is 4.31. The fourth-order valence-corrected chi connectivity index (χ4v) is 2.00. The molecule has 0 aromatic carbocycles. The lowest BCUT2D eigenvalue weighted by atomic mass is 10.3. The summed E-state index contributed by atoms with van der Waals surface area (Å²) in [5.41, 5.74) is 1.10. The Bertz CT molecular complexity index is 453. The molecule has 1 rings (SSSR count). The molecule has 1 amide bonds. The third-order valence-electron chi connectivity index (χ3n) is 2.23. The van der Waals surface area contributed by atoms with Gasteiger partial charge in [-0.25, -0.2) is 4.79 Å². The van der Waals surface area contributed by atoms with Gasteiger partial charge < -0.3 is 15.2 Å². The van der Waals surface area contributed by atoms with Crippen LogP contribution in [0.15, 0.2) is 17.5 Å². The van der Waals surface area contributed by atoms with Crippen molar-refractivity contribution in [2.24, 2.45) is 0 Å². The third-order valence-corrected chi connectivity index (χ3v) is 3.21. The number of ether oxygens (including phenoxy) is 1. The van der Waals surface area contributed by atoms with Crippen molar-refractivity contribution < 1.29 is 19.4 Å². The Kier molecular flexibility index (Phi) is 5.54. The number of hydrogen-bond donors (Lipinski definition) is 2. The van der Waals surface area contributed by atoms with E-state index in [9.17, 15) is 14.7 Å². The van der Waals surface area contributed by atoms with Crippen molar-refractivity contribution in [3.63, 3.8) is 0 Å². The fourth-order valence-electron chi connectivity index (χ4n) is 1.18. The highest BCUT2D eigenvalue weighted by atomic mass is 32.1. The lowest BCUT2D eigenvalue weighted by Crippen LogP contribution is -2.36. The van der Waals surface area contributed by atoms with E-state index >= 15 is 0 Å². The van der Waals surface area contributed by atoms with Gasteiger partial charge in [-0.1, -0.05) is 0 Å². The van der Waals surface area contributed by atoms with Crippen LogP contribution in [-0.2, 0) is 14.3 Å². The highest BCUT2D eigenvalue weighted by Gasteiger charge is 2.15. The van der Waals surface area contributed by atoms with Crippen molar-refractivity contribution in [1.82, 2.24) is 5.32 Å². The Morgan fingerprint density at radius 3 is 2.89 bits per heavy atom. The quantitative estimate of drug-likeness (QED) is 0.610. The molecule has 98 valence electrons. The van der Waals surface area contributed by atoms with E-state index in [2.05, 4.69) is 10.1 Å². The van der Waals surface area contributed by atoms with Gasteiger partial charge in [-0.15, -0.1) is 11.3 Å². The van der Waals surface area contributed by atoms with Crippen LogP contribution >= 0.6 is 11.3 Å². The predicted octanol–water partition coefficient (Wildman–Crippen LogP) is 0.720. The zero-order valence-electron chi connectivity index (χ0n) is 10.2. The van der Waals surface area contributed by atoms with Crippen LogP contribution in [0.25, 0.3) is 6.08 Å². The van der Waals surface area contributed by atoms with Crippen LogP contribution in [0.1, 0.15) is 10.4 Å². The minimum Gasteiger partial charge on any atom is -0.467 e.